The highest BCUT2D eigenvalue weighted by atomic mass is 127. The first kappa shape index (κ1) is 24.4. The van der Waals surface area contributed by atoms with Crippen molar-refractivity contribution in [2.24, 2.45) is 4.99 Å². The van der Waals surface area contributed by atoms with Crippen LogP contribution in [0.15, 0.2) is 71.9 Å². The summed E-state index contributed by atoms with van der Waals surface area (Å²) in [7, 11) is 3.40. The molecule has 0 bridgehead atoms. The number of benzene rings is 2. The molecule has 2 N–H and O–H groups in total. The van der Waals surface area contributed by atoms with Crippen molar-refractivity contribution in [2.45, 2.75) is 13.0 Å². The number of ether oxygens (including phenoxy) is 2. The van der Waals surface area contributed by atoms with Crippen LogP contribution in [0.4, 0.5) is 4.39 Å². The van der Waals surface area contributed by atoms with Gasteiger partial charge in [-0.3, -0.25) is 4.99 Å². The lowest BCUT2D eigenvalue weighted by Crippen LogP contribution is -2.37. The van der Waals surface area contributed by atoms with Gasteiger partial charge in [-0.2, -0.15) is 0 Å². The molecule has 164 valence electrons. The van der Waals surface area contributed by atoms with Crippen molar-refractivity contribution in [3.8, 4) is 17.4 Å². The van der Waals surface area contributed by atoms with Crippen molar-refractivity contribution in [1.29, 1.82) is 0 Å². The highest BCUT2D eigenvalue weighted by molar-refractivity contribution is 14.0. The van der Waals surface area contributed by atoms with Gasteiger partial charge in [-0.15, -0.1) is 24.0 Å². The summed E-state index contributed by atoms with van der Waals surface area (Å²) < 4.78 is 24.2. The number of hydrogen-bond acceptors (Lipinski definition) is 4. The third-order valence-corrected chi connectivity index (χ3v) is 4.38. The van der Waals surface area contributed by atoms with E-state index in [1.54, 1.807) is 38.6 Å². The van der Waals surface area contributed by atoms with Gasteiger partial charge in [0, 0.05) is 38.5 Å². The molecule has 1 aromatic heterocycles. The Balaban J connectivity index is 0.00000341. The summed E-state index contributed by atoms with van der Waals surface area (Å²) in [6.45, 7) is 1.28. The predicted octanol–water partition coefficient (Wildman–Crippen LogP) is 4.55. The number of rotatable bonds is 8. The number of aliphatic imine (C=N–C) groups is 1. The van der Waals surface area contributed by atoms with Crippen LogP contribution in [0.5, 0.6) is 17.4 Å². The third kappa shape index (κ3) is 7.71. The molecule has 0 atom stereocenters. The number of hydrogen-bond donors (Lipinski definition) is 2. The Labute approximate surface area is 198 Å². The van der Waals surface area contributed by atoms with Crippen LogP contribution >= 0.6 is 24.0 Å². The average molecular weight is 536 g/mol. The molecule has 31 heavy (non-hydrogen) atoms. The minimum atomic E-state index is -0.349. The van der Waals surface area contributed by atoms with Crippen LogP contribution in [0.2, 0.25) is 0 Å². The maximum Gasteiger partial charge on any atom is 0.219 e. The van der Waals surface area contributed by atoms with Crippen LogP contribution in [0, 0.1) is 5.82 Å². The Morgan fingerprint density at radius 1 is 1.06 bits per heavy atom. The van der Waals surface area contributed by atoms with Gasteiger partial charge < -0.3 is 20.1 Å². The second-order valence-electron chi connectivity index (χ2n) is 6.48. The summed E-state index contributed by atoms with van der Waals surface area (Å²) in [6.07, 6.45) is 2.53. The quantitative estimate of drug-likeness (QED) is 0.251. The van der Waals surface area contributed by atoms with Gasteiger partial charge in [-0.05, 0) is 35.7 Å². The zero-order chi connectivity index (χ0) is 21.2. The predicted molar refractivity (Wildman–Crippen MR) is 131 cm³/mol. The van der Waals surface area contributed by atoms with E-state index in [1.165, 1.54) is 12.1 Å². The highest BCUT2D eigenvalue weighted by Gasteiger charge is 2.04. The van der Waals surface area contributed by atoms with E-state index in [2.05, 4.69) is 26.7 Å². The number of nitrogens with zero attached hydrogens (tertiary/aromatic N) is 2. The monoisotopic (exact) mass is 536 g/mol. The molecule has 0 aliphatic carbocycles. The Kier molecular flexibility index (Phi) is 10.0. The molecule has 8 heteroatoms. The van der Waals surface area contributed by atoms with Gasteiger partial charge in [0.1, 0.15) is 17.3 Å². The van der Waals surface area contributed by atoms with Crippen molar-refractivity contribution >= 4 is 29.9 Å². The van der Waals surface area contributed by atoms with Gasteiger partial charge in [0.15, 0.2) is 5.96 Å². The molecule has 0 saturated heterocycles. The zero-order valence-corrected chi connectivity index (χ0v) is 19.8. The van der Waals surface area contributed by atoms with Crippen molar-refractivity contribution in [1.82, 2.24) is 15.6 Å². The van der Waals surface area contributed by atoms with Crippen LogP contribution in [0.1, 0.15) is 11.1 Å². The second kappa shape index (κ2) is 12.7. The molecule has 0 aliphatic rings. The number of para-hydroxylation sites is 1. The number of aromatic nitrogens is 1. The van der Waals surface area contributed by atoms with E-state index in [4.69, 9.17) is 9.47 Å². The van der Waals surface area contributed by atoms with Crippen LogP contribution < -0.4 is 20.1 Å². The van der Waals surface area contributed by atoms with Crippen molar-refractivity contribution < 1.29 is 13.9 Å². The van der Waals surface area contributed by atoms with Crippen LogP contribution in [0.25, 0.3) is 0 Å². The summed E-state index contributed by atoms with van der Waals surface area (Å²) in [5.41, 5.74) is 2.11. The van der Waals surface area contributed by atoms with Gasteiger partial charge >= 0.3 is 0 Å². The SMILES string of the molecule is CN=C(NCCc1ccccc1OC)NCc1ccc(Oc2cccc(F)c2)nc1.I. The number of halogens is 2. The van der Waals surface area contributed by atoms with Gasteiger partial charge in [0.2, 0.25) is 5.88 Å². The largest absolute Gasteiger partial charge is 0.496 e. The topological polar surface area (TPSA) is 67.8 Å². The maximum absolute atomic E-state index is 13.2. The van der Waals surface area contributed by atoms with E-state index in [0.717, 1.165) is 29.8 Å². The molecule has 0 spiro atoms. The number of pyridine rings is 1. The summed E-state index contributed by atoms with van der Waals surface area (Å²) in [4.78, 5) is 8.51. The number of methoxy groups -OCH3 is 1. The van der Waals surface area contributed by atoms with E-state index < -0.39 is 0 Å². The van der Waals surface area contributed by atoms with Crippen molar-refractivity contribution in [2.75, 3.05) is 20.7 Å². The van der Waals surface area contributed by atoms with E-state index in [0.29, 0.717) is 24.1 Å². The fourth-order valence-corrected chi connectivity index (χ4v) is 2.86. The van der Waals surface area contributed by atoms with Gasteiger partial charge in [0.25, 0.3) is 0 Å². The van der Waals surface area contributed by atoms with Crippen LogP contribution in [-0.4, -0.2) is 31.6 Å². The highest BCUT2D eigenvalue weighted by Crippen LogP contribution is 2.20. The minimum absolute atomic E-state index is 0. The fraction of sp³-hybridized carbons (Fsp3) is 0.217. The lowest BCUT2D eigenvalue weighted by molar-refractivity contribution is 0.409. The lowest BCUT2D eigenvalue weighted by Gasteiger charge is -2.13. The molecule has 0 unspecified atom stereocenters. The van der Waals surface area contributed by atoms with E-state index in [9.17, 15) is 4.39 Å². The van der Waals surface area contributed by atoms with Gasteiger partial charge in [0.05, 0.1) is 7.11 Å². The first-order chi connectivity index (χ1) is 14.7. The molecule has 3 aromatic rings. The summed E-state index contributed by atoms with van der Waals surface area (Å²) in [5, 5.41) is 6.55. The molecular weight excluding hydrogens is 510 g/mol. The molecule has 0 fully saturated rings. The first-order valence-corrected chi connectivity index (χ1v) is 9.62. The van der Waals surface area contributed by atoms with Crippen LogP contribution in [0.3, 0.4) is 0 Å². The van der Waals surface area contributed by atoms with E-state index in [-0.39, 0.29) is 29.8 Å². The summed E-state index contributed by atoms with van der Waals surface area (Å²) in [6, 6.07) is 17.6. The van der Waals surface area contributed by atoms with Crippen molar-refractivity contribution in [3.63, 3.8) is 0 Å². The van der Waals surface area contributed by atoms with Gasteiger partial charge in [-0.1, -0.05) is 30.3 Å². The number of guanidine groups is 1. The molecular formula is C23H26FIN4O2. The summed E-state index contributed by atoms with van der Waals surface area (Å²) in [5.74, 6) is 2.05. The summed E-state index contributed by atoms with van der Waals surface area (Å²) >= 11 is 0. The normalized spacial score (nSPS) is 10.7. The molecule has 1 heterocycles. The van der Waals surface area contributed by atoms with E-state index in [1.807, 2.05) is 24.3 Å². The Morgan fingerprint density at radius 3 is 2.61 bits per heavy atom. The lowest BCUT2D eigenvalue weighted by atomic mass is 10.1. The molecule has 0 radical (unpaired) electrons. The average Bonchev–Trinajstić information content (AvgIpc) is 2.77. The fourth-order valence-electron chi connectivity index (χ4n) is 2.86. The molecule has 0 amide bonds. The van der Waals surface area contributed by atoms with Crippen molar-refractivity contribution in [3.05, 3.63) is 83.8 Å². The molecule has 2 aromatic carbocycles. The van der Waals surface area contributed by atoms with E-state index >= 15 is 0 Å². The zero-order valence-electron chi connectivity index (χ0n) is 17.5. The maximum atomic E-state index is 13.2. The second-order valence-corrected chi connectivity index (χ2v) is 6.48. The first-order valence-electron chi connectivity index (χ1n) is 9.62. The molecule has 3 rings (SSSR count). The Bertz CT molecular complexity index is 983. The van der Waals surface area contributed by atoms with Gasteiger partial charge in [-0.25, -0.2) is 9.37 Å². The Hall–Kier alpha value is -2.88. The smallest absolute Gasteiger partial charge is 0.219 e. The minimum Gasteiger partial charge on any atom is -0.496 e. The standard InChI is InChI=1S/C23H25FN4O2.HI/c1-25-23(26-13-12-18-6-3-4-9-21(18)29-2)28-16-17-10-11-22(27-15-17)30-20-8-5-7-19(24)14-20;/h3-11,14-15H,12-13,16H2,1-2H3,(H2,25,26,28);1H. The number of nitrogens with one attached hydrogen (secondary N) is 2. The molecule has 0 aliphatic heterocycles. The molecule has 6 nitrogen and oxygen atoms in total. The molecule has 0 saturated carbocycles. The Morgan fingerprint density at radius 2 is 1.90 bits per heavy atom. The third-order valence-electron chi connectivity index (χ3n) is 4.38. The van der Waals surface area contributed by atoms with Crippen LogP contribution in [-0.2, 0) is 13.0 Å².